The van der Waals surface area contributed by atoms with Crippen molar-refractivity contribution in [3.63, 3.8) is 0 Å². The first-order chi connectivity index (χ1) is 11.4. The molecule has 0 spiro atoms. The number of aliphatic hydroxyl groups excluding tert-OH is 1. The number of phenols is 1. The van der Waals surface area contributed by atoms with Gasteiger partial charge in [-0.2, -0.15) is 0 Å². The van der Waals surface area contributed by atoms with Crippen LogP contribution in [-0.4, -0.2) is 32.3 Å². The van der Waals surface area contributed by atoms with Crippen LogP contribution in [0.25, 0.3) is 0 Å². The van der Waals surface area contributed by atoms with E-state index in [1.54, 1.807) is 26.0 Å². The smallest absolute Gasteiger partial charge is 0.261 e. The van der Waals surface area contributed by atoms with Gasteiger partial charge in [0.1, 0.15) is 17.2 Å². The molecule has 1 aromatic carbocycles. The number of aryl methyl sites for hydroxylation is 1. The van der Waals surface area contributed by atoms with Crippen LogP contribution in [0.3, 0.4) is 0 Å². The number of hydrogen-bond donors (Lipinski definition) is 4. The monoisotopic (exact) mass is 332 g/mol. The zero-order chi connectivity index (χ0) is 17.7. The number of rotatable bonds is 6. The Balaban J connectivity index is 2.00. The lowest BCUT2D eigenvalue weighted by Crippen LogP contribution is -2.36. The van der Waals surface area contributed by atoms with E-state index in [2.05, 4.69) is 10.3 Å². The Morgan fingerprint density at radius 1 is 1.29 bits per heavy atom. The standard InChI is InChI=1S/C17H20N2O5/c1-10-16(22)15(12(9-20)7-18-10)8-19-17(23)11(2)24-14-5-3-13(21)4-6-14/h3-7,11,20-22H,8-9H2,1-2H3,(H,19,23)/t11-/m1/s1. The summed E-state index contributed by atoms with van der Waals surface area (Å²) < 4.78 is 5.48. The molecule has 0 saturated carbocycles. The Bertz CT molecular complexity index is 716. The number of nitrogens with one attached hydrogen (secondary N) is 1. The number of amides is 1. The molecule has 0 fully saturated rings. The van der Waals surface area contributed by atoms with Crippen molar-refractivity contribution in [3.05, 3.63) is 47.3 Å². The minimum absolute atomic E-state index is 0.0473. The molecule has 0 aliphatic heterocycles. The number of benzene rings is 1. The Kier molecular flexibility index (Phi) is 5.59. The van der Waals surface area contributed by atoms with Crippen LogP contribution in [0.5, 0.6) is 17.2 Å². The van der Waals surface area contributed by atoms with Gasteiger partial charge in [0.05, 0.1) is 12.3 Å². The first-order valence-corrected chi connectivity index (χ1v) is 7.43. The van der Waals surface area contributed by atoms with E-state index >= 15 is 0 Å². The van der Waals surface area contributed by atoms with Gasteiger partial charge in [0.15, 0.2) is 6.10 Å². The predicted octanol–water partition coefficient (Wildman–Crippen LogP) is 1.38. The van der Waals surface area contributed by atoms with Crippen molar-refractivity contribution in [1.82, 2.24) is 10.3 Å². The minimum Gasteiger partial charge on any atom is -0.508 e. The summed E-state index contributed by atoms with van der Waals surface area (Å²) in [5, 5.41) is 31.2. The van der Waals surface area contributed by atoms with E-state index in [9.17, 15) is 20.1 Å². The van der Waals surface area contributed by atoms with Crippen molar-refractivity contribution in [1.29, 1.82) is 0 Å². The Morgan fingerprint density at radius 2 is 1.96 bits per heavy atom. The Labute approximate surface area is 139 Å². The summed E-state index contributed by atoms with van der Waals surface area (Å²) in [5.74, 6) is 0.142. The normalized spacial score (nSPS) is 11.8. The third kappa shape index (κ3) is 4.14. The van der Waals surface area contributed by atoms with Crippen LogP contribution in [-0.2, 0) is 17.9 Å². The molecule has 1 atom stereocenters. The SMILES string of the molecule is Cc1ncc(CO)c(CNC(=O)[C@@H](C)Oc2ccc(O)cc2)c1O. The minimum atomic E-state index is -0.766. The number of carbonyl (C=O) groups excluding carboxylic acids is 1. The van der Waals surface area contributed by atoms with E-state index in [0.717, 1.165) is 0 Å². The molecule has 0 bridgehead atoms. The van der Waals surface area contributed by atoms with E-state index < -0.39 is 6.10 Å². The summed E-state index contributed by atoms with van der Waals surface area (Å²) in [6, 6.07) is 6.04. The molecule has 4 N–H and O–H groups in total. The van der Waals surface area contributed by atoms with Gasteiger partial charge < -0.3 is 25.4 Å². The molecule has 128 valence electrons. The van der Waals surface area contributed by atoms with Crippen LogP contribution < -0.4 is 10.1 Å². The van der Waals surface area contributed by atoms with Gasteiger partial charge in [0.2, 0.25) is 0 Å². The zero-order valence-corrected chi connectivity index (χ0v) is 13.5. The van der Waals surface area contributed by atoms with Gasteiger partial charge >= 0.3 is 0 Å². The van der Waals surface area contributed by atoms with Crippen molar-refractivity contribution in [2.75, 3.05) is 0 Å². The highest BCUT2D eigenvalue weighted by Crippen LogP contribution is 2.23. The largest absolute Gasteiger partial charge is 0.508 e. The van der Waals surface area contributed by atoms with Gasteiger partial charge in [0, 0.05) is 23.9 Å². The van der Waals surface area contributed by atoms with Crippen LogP contribution in [0.4, 0.5) is 0 Å². The number of carbonyl (C=O) groups is 1. The molecule has 0 aliphatic carbocycles. The van der Waals surface area contributed by atoms with E-state index in [-0.39, 0.29) is 30.6 Å². The third-order valence-corrected chi connectivity index (χ3v) is 3.56. The van der Waals surface area contributed by atoms with Gasteiger partial charge in [-0.15, -0.1) is 0 Å². The second-order valence-electron chi connectivity index (χ2n) is 5.33. The average Bonchev–Trinajstić information content (AvgIpc) is 2.57. The molecule has 1 amide bonds. The summed E-state index contributed by atoms with van der Waals surface area (Å²) in [5.41, 5.74) is 1.30. The highest BCUT2D eigenvalue weighted by atomic mass is 16.5. The second-order valence-corrected chi connectivity index (χ2v) is 5.33. The van der Waals surface area contributed by atoms with E-state index in [0.29, 0.717) is 22.6 Å². The molecule has 0 aliphatic rings. The summed E-state index contributed by atoms with van der Waals surface area (Å²) in [7, 11) is 0. The molecule has 0 unspecified atom stereocenters. The topological polar surface area (TPSA) is 112 Å². The van der Waals surface area contributed by atoms with E-state index in [1.165, 1.54) is 18.3 Å². The summed E-state index contributed by atoms with van der Waals surface area (Å²) in [6.07, 6.45) is 0.699. The average molecular weight is 332 g/mol. The van der Waals surface area contributed by atoms with E-state index in [1.807, 2.05) is 0 Å². The molecule has 7 nitrogen and oxygen atoms in total. The first-order valence-electron chi connectivity index (χ1n) is 7.43. The van der Waals surface area contributed by atoms with Crippen LogP contribution in [0, 0.1) is 6.92 Å². The quantitative estimate of drug-likeness (QED) is 0.636. The van der Waals surface area contributed by atoms with Crippen molar-refractivity contribution in [3.8, 4) is 17.2 Å². The fraction of sp³-hybridized carbons (Fsp3) is 0.294. The van der Waals surface area contributed by atoms with E-state index in [4.69, 9.17) is 4.74 Å². The Hall–Kier alpha value is -2.80. The van der Waals surface area contributed by atoms with Gasteiger partial charge in [-0.25, -0.2) is 0 Å². The number of aromatic nitrogens is 1. The van der Waals surface area contributed by atoms with Crippen LogP contribution in [0.2, 0.25) is 0 Å². The maximum absolute atomic E-state index is 12.1. The lowest BCUT2D eigenvalue weighted by molar-refractivity contribution is -0.127. The van der Waals surface area contributed by atoms with Crippen molar-refractivity contribution in [2.45, 2.75) is 33.1 Å². The molecule has 1 heterocycles. The highest BCUT2D eigenvalue weighted by Gasteiger charge is 2.17. The molecular weight excluding hydrogens is 312 g/mol. The number of aromatic hydroxyl groups is 2. The van der Waals surface area contributed by atoms with Gasteiger partial charge in [0.25, 0.3) is 5.91 Å². The third-order valence-electron chi connectivity index (χ3n) is 3.56. The Morgan fingerprint density at radius 3 is 2.58 bits per heavy atom. The molecular formula is C17H20N2O5. The number of phenolic OH excluding ortho intramolecular Hbond substituents is 1. The molecule has 0 radical (unpaired) electrons. The fourth-order valence-corrected chi connectivity index (χ4v) is 2.12. The first kappa shape index (κ1) is 17.6. The van der Waals surface area contributed by atoms with Gasteiger partial charge in [-0.1, -0.05) is 0 Å². The van der Waals surface area contributed by atoms with Crippen molar-refractivity contribution < 1.29 is 24.9 Å². The number of hydrogen-bond acceptors (Lipinski definition) is 6. The maximum atomic E-state index is 12.1. The molecule has 1 aromatic heterocycles. The lowest BCUT2D eigenvalue weighted by Gasteiger charge is -2.16. The molecule has 2 aromatic rings. The van der Waals surface area contributed by atoms with Crippen molar-refractivity contribution in [2.24, 2.45) is 0 Å². The predicted molar refractivity (Wildman–Crippen MR) is 86.6 cm³/mol. The van der Waals surface area contributed by atoms with Gasteiger partial charge in [-0.05, 0) is 38.1 Å². The number of nitrogens with zero attached hydrogens (tertiary/aromatic N) is 1. The van der Waals surface area contributed by atoms with Crippen LogP contribution in [0.15, 0.2) is 30.5 Å². The highest BCUT2D eigenvalue weighted by molar-refractivity contribution is 5.80. The summed E-state index contributed by atoms with van der Waals surface area (Å²) >= 11 is 0. The van der Waals surface area contributed by atoms with Gasteiger partial charge in [-0.3, -0.25) is 9.78 Å². The van der Waals surface area contributed by atoms with Crippen LogP contribution in [0.1, 0.15) is 23.7 Å². The molecule has 24 heavy (non-hydrogen) atoms. The number of pyridine rings is 1. The number of ether oxygens (including phenoxy) is 1. The summed E-state index contributed by atoms with van der Waals surface area (Å²) in [6.45, 7) is 2.99. The summed E-state index contributed by atoms with van der Waals surface area (Å²) in [4.78, 5) is 16.1. The molecule has 0 saturated heterocycles. The zero-order valence-electron chi connectivity index (χ0n) is 13.5. The lowest BCUT2D eigenvalue weighted by atomic mass is 10.1. The van der Waals surface area contributed by atoms with Crippen molar-refractivity contribution >= 4 is 5.91 Å². The molecule has 2 rings (SSSR count). The van der Waals surface area contributed by atoms with Crippen LogP contribution >= 0.6 is 0 Å². The molecule has 7 heteroatoms. The maximum Gasteiger partial charge on any atom is 0.261 e. The fourth-order valence-electron chi connectivity index (χ4n) is 2.12. The number of aliphatic hydroxyl groups is 1. The second kappa shape index (κ2) is 7.65.